The van der Waals surface area contributed by atoms with Crippen molar-refractivity contribution in [2.75, 3.05) is 0 Å². The number of hydrogen-bond donors (Lipinski definition) is 0. The molecule has 0 heterocycles. The van der Waals surface area contributed by atoms with Gasteiger partial charge in [0, 0.05) is 5.56 Å². The third-order valence-corrected chi connectivity index (χ3v) is 1.27. The molecular formula is C11H14O. The highest BCUT2D eigenvalue weighted by atomic mass is 16.1. The summed E-state index contributed by atoms with van der Waals surface area (Å²) in [6, 6.07) is 9.10. The van der Waals surface area contributed by atoms with E-state index >= 15 is 0 Å². The van der Waals surface area contributed by atoms with Gasteiger partial charge < -0.3 is 0 Å². The van der Waals surface area contributed by atoms with Gasteiger partial charge in [-0.25, -0.2) is 0 Å². The molecule has 0 saturated heterocycles. The van der Waals surface area contributed by atoms with Gasteiger partial charge in [-0.05, 0) is 13.8 Å². The first kappa shape index (κ1) is 10.6. The second-order valence-electron chi connectivity index (χ2n) is 2.20. The van der Waals surface area contributed by atoms with E-state index < -0.39 is 0 Å². The maximum Gasteiger partial charge on any atom is 0.150 e. The number of aldehydes is 1. The second-order valence-corrected chi connectivity index (χ2v) is 2.20. The van der Waals surface area contributed by atoms with Crippen LogP contribution in [0.4, 0.5) is 0 Å². The van der Waals surface area contributed by atoms with Crippen LogP contribution in [0.15, 0.2) is 42.5 Å². The highest BCUT2D eigenvalue weighted by Crippen LogP contribution is 1.91. The summed E-state index contributed by atoms with van der Waals surface area (Å²) >= 11 is 0. The molecule has 0 aromatic heterocycles. The first-order chi connectivity index (χ1) is 5.85. The predicted molar refractivity (Wildman–Crippen MR) is 52.3 cm³/mol. The fraction of sp³-hybridized carbons (Fsp3) is 0.182. The Balaban J connectivity index is 0.000000261. The van der Waals surface area contributed by atoms with Gasteiger partial charge in [0.15, 0.2) is 0 Å². The van der Waals surface area contributed by atoms with Crippen molar-refractivity contribution < 1.29 is 4.79 Å². The van der Waals surface area contributed by atoms with Crippen LogP contribution >= 0.6 is 0 Å². The minimum Gasteiger partial charge on any atom is -0.298 e. The summed E-state index contributed by atoms with van der Waals surface area (Å²) in [5.74, 6) is 0. The van der Waals surface area contributed by atoms with Crippen LogP contribution in [0.25, 0.3) is 0 Å². The Bertz CT molecular complexity index is 220. The Morgan fingerprint density at radius 3 is 1.75 bits per heavy atom. The van der Waals surface area contributed by atoms with Crippen molar-refractivity contribution in [2.45, 2.75) is 13.8 Å². The molecule has 0 atom stereocenters. The lowest BCUT2D eigenvalue weighted by Gasteiger charge is -1.81. The lowest BCUT2D eigenvalue weighted by atomic mass is 10.2. The van der Waals surface area contributed by atoms with Gasteiger partial charge in [-0.3, -0.25) is 4.79 Å². The second kappa shape index (κ2) is 7.73. The van der Waals surface area contributed by atoms with E-state index in [-0.39, 0.29) is 0 Å². The van der Waals surface area contributed by atoms with Crippen molar-refractivity contribution in [2.24, 2.45) is 0 Å². The molecule has 0 fully saturated rings. The van der Waals surface area contributed by atoms with Crippen molar-refractivity contribution in [1.82, 2.24) is 0 Å². The molecule has 0 amide bonds. The van der Waals surface area contributed by atoms with Gasteiger partial charge in [0.1, 0.15) is 6.29 Å². The van der Waals surface area contributed by atoms with E-state index in [0.29, 0.717) is 0 Å². The minimum atomic E-state index is 0.729. The predicted octanol–water partition coefficient (Wildman–Crippen LogP) is 3.08. The molecule has 1 aromatic rings. The summed E-state index contributed by atoms with van der Waals surface area (Å²) in [5, 5.41) is 0. The molecule has 1 nitrogen and oxygen atoms in total. The molecule has 0 N–H and O–H groups in total. The summed E-state index contributed by atoms with van der Waals surface area (Å²) in [7, 11) is 0. The maximum atomic E-state index is 10.0. The minimum absolute atomic E-state index is 0.729. The van der Waals surface area contributed by atoms with Gasteiger partial charge >= 0.3 is 0 Å². The zero-order valence-corrected chi connectivity index (χ0v) is 7.53. The average molecular weight is 162 g/mol. The van der Waals surface area contributed by atoms with Crippen LogP contribution in [0.2, 0.25) is 0 Å². The SMILES string of the molecule is C/C=C/C.O=Cc1ccccc1. The topological polar surface area (TPSA) is 17.1 Å². The van der Waals surface area contributed by atoms with Gasteiger partial charge in [-0.1, -0.05) is 42.5 Å². The first-order valence-corrected chi connectivity index (χ1v) is 3.92. The van der Waals surface area contributed by atoms with Crippen molar-refractivity contribution in [3.8, 4) is 0 Å². The van der Waals surface area contributed by atoms with Gasteiger partial charge in [-0.2, -0.15) is 0 Å². The third kappa shape index (κ3) is 5.42. The van der Waals surface area contributed by atoms with Crippen LogP contribution in [-0.4, -0.2) is 6.29 Å². The normalized spacial score (nSPS) is 8.83. The molecule has 1 rings (SSSR count). The number of benzene rings is 1. The van der Waals surface area contributed by atoms with Gasteiger partial charge in [0.05, 0.1) is 0 Å². The third-order valence-electron chi connectivity index (χ3n) is 1.27. The zero-order chi connectivity index (χ0) is 9.23. The lowest BCUT2D eigenvalue weighted by Crippen LogP contribution is -1.73. The van der Waals surface area contributed by atoms with Gasteiger partial charge in [0.2, 0.25) is 0 Å². The van der Waals surface area contributed by atoms with Crippen LogP contribution in [0, 0.1) is 0 Å². The summed E-state index contributed by atoms with van der Waals surface area (Å²) in [4.78, 5) is 10.0. The molecule has 64 valence electrons. The Morgan fingerprint density at radius 1 is 1.00 bits per heavy atom. The van der Waals surface area contributed by atoms with Gasteiger partial charge in [-0.15, -0.1) is 0 Å². The average Bonchev–Trinajstić information content (AvgIpc) is 2.19. The molecule has 0 aliphatic heterocycles. The van der Waals surface area contributed by atoms with Crippen LogP contribution < -0.4 is 0 Å². The number of allylic oxidation sites excluding steroid dienone is 2. The molecule has 0 aliphatic carbocycles. The van der Waals surface area contributed by atoms with E-state index in [2.05, 4.69) is 0 Å². The largest absolute Gasteiger partial charge is 0.298 e. The summed E-state index contributed by atoms with van der Waals surface area (Å²) in [6.45, 7) is 4.00. The van der Waals surface area contributed by atoms with Gasteiger partial charge in [0.25, 0.3) is 0 Å². The summed E-state index contributed by atoms with van der Waals surface area (Å²) in [5.41, 5.74) is 0.729. The van der Waals surface area contributed by atoms with Crippen molar-refractivity contribution >= 4 is 6.29 Å². The Hall–Kier alpha value is -1.37. The highest BCUT2D eigenvalue weighted by molar-refractivity contribution is 5.74. The number of rotatable bonds is 1. The molecule has 0 spiro atoms. The smallest absolute Gasteiger partial charge is 0.150 e. The highest BCUT2D eigenvalue weighted by Gasteiger charge is 1.79. The van der Waals surface area contributed by atoms with Crippen LogP contribution in [0.1, 0.15) is 24.2 Å². The fourth-order valence-corrected chi connectivity index (χ4v) is 0.532. The summed E-state index contributed by atoms with van der Waals surface area (Å²) in [6.07, 6.45) is 4.83. The monoisotopic (exact) mass is 162 g/mol. The van der Waals surface area contributed by atoms with E-state index in [0.717, 1.165) is 11.8 Å². The standard InChI is InChI=1S/C7H6O.C4H8/c8-6-7-4-2-1-3-5-7;1-3-4-2/h1-6H;3-4H,1-2H3/b;4-3+. The molecule has 0 radical (unpaired) electrons. The summed E-state index contributed by atoms with van der Waals surface area (Å²) < 4.78 is 0. The van der Waals surface area contributed by atoms with Crippen LogP contribution in [-0.2, 0) is 0 Å². The Labute approximate surface area is 73.7 Å². The molecule has 12 heavy (non-hydrogen) atoms. The number of carbonyl (C=O) groups excluding carboxylic acids is 1. The van der Waals surface area contributed by atoms with Crippen LogP contribution in [0.3, 0.4) is 0 Å². The molecular weight excluding hydrogens is 148 g/mol. The van der Waals surface area contributed by atoms with E-state index in [1.807, 2.05) is 44.2 Å². The van der Waals surface area contributed by atoms with E-state index in [1.165, 1.54) is 0 Å². The fourth-order valence-electron chi connectivity index (χ4n) is 0.532. The van der Waals surface area contributed by atoms with E-state index in [4.69, 9.17) is 0 Å². The lowest BCUT2D eigenvalue weighted by molar-refractivity contribution is 0.112. The molecule has 0 saturated carbocycles. The maximum absolute atomic E-state index is 10.0. The Morgan fingerprint density at radius 2 is 1.50 bits per heavy atom. The molecule has 1 heteroatoms. The van der Waals surface area contributed by atoms with Crippen molar-refractivity contribution in [3.63, 3.8) is 0 Å². The van der Waals surface area contributed by atoms with Crippen molar-refractivity contribution in [3.05, 3.63) is 48.0 Å². The molecule has 0 unspecified atom stereocenters. The number of carbonyl (C=O) groups is 1. The van der Waals surface area contributed by atoms with E-state index in [1.54, 1.807) is 12.1 Å². The first-order valence-electron chi connectivity index (χ1n) is 3.92. The Kier molecular flexibility index (Phi) is 6.85. The molecule has 0 aliphatic rings. The molecule has 0 bridgehead atoms. The quantitative estimate of drug-likeness (QED) is 0.458. The number of hydrogen-bond acceptors (Lipinski definition) is 1. The van der Waals surface area contributed by atoms with Crippen molar-refractivity contribution in [1.29, 1.82) is 0 Å². The molecule has 1 aromatic carbocycles. The van der Waals surface area contributed by atoms with E-state index in [9.17, 15) is 4.79 Å². The van der Waals surface area contributed by atoms with Crippen LogP contribution in [0.5, 0.6) is 0 Å². The zero-order valence-electron chi connectivity index (χ0n) is 7.53.